The van der Waals surface area contributed by atoms with E-state index < -0.39 is 5.97 Å². The third-order valence-electron chi connectivity index (χ3n) is 2.79. The second-order valence-corrected chi connectivity index (χ2v) is 3.90. The number of hydrogen-bond acceptors (Lipinski definition) is 3. The minimum absolute atomic E-state index is 0.245. The second kappa shape index (κ2) is 6.58. The largest absolute Gasteiger partial charge is 0.478 e. The van der Waals surface area contributed by atoms with Crippen molar-refractivity contribution in [3.8, 4) is 0 Å². The molecule has 1 fully saturated rings. The van der Waals surface area contributed by atoms with Crippen LogP contribution in [0.1, 0.15) is 25.7 Å². The molecule has 1 rings (SSSR count). The van der Waals surface area contributed by atoms with Gasteiger partial charge >= 0.3 is 5.97 Å². The minimum Gasteiger partial charge on any atom is -0.478 e. The molecule has 1 unspecified atom stereocenters. The van der Waals surface area contributed by atoms with E-state index in [1.807, 2.05) is 0 Å². The molecule has 15 heavy (non-hydrogen) atoms. The van der Waals surface area contributed by atoms with Gasteiger partial charge in [-0.05, 0) is 32.2 Å². The molecule has 0 amide bonds. The van der Waals surface area contributed by atoms with Crippen LogP contribution in [0.5, 0.6) is 0 Å². The Labute approximate surface area is 90.2 Å². The maximum atomic E-state index is 10.3. The fourth-order valence-electron chi connectivity index (χ4n) is 2.08. The van der Waals surface area contributed by atoms with Gasteiger partial charge in [-0.1, -0.05) is 6.08 Å². The average molecular weight is 213 g/mol. The van der Waals surface area contributed by atoms with Crippen LogP contribution in [0.4, 0.5) is 0 Å². The summed E-state index contributed by atoms with van der Waals surface area (Å²) in [6.45, 7) is 2.00. The molecule has 0 radical (unpaired) electrons. The lowest BCUT2D eigenvalue weighted by Gasteiger charge is -2.22. The molecule has 1 atom stereocenters. The van der Waals surface area contributed by atoms with Crippen molar-refractivity contribution < 1.29 is 15.0 Å². The van der Waals surface area contributed by atoms with Crippen LogP contribution in [0.2, 0.25) is 0 Å². The zero-order valence-corrected chi connectivity index (χ0v) is 8.93. The predicted molar refractivity (Wildman–Crippen MR) is 57.7 cm³/mol. The molecule has 2 N–H and O–H groups in total. The monoisotopic (exact) mass is 213 g/mol. The zero-order valence-electron chi connectivity index (χ0n) is 8.93. The Bertz CT molecular complexity index is 228. The van der Waals surface area contributed by atoms with Crippen molar-refractivity contribution >= 4 is 5.97 Å². The van der Waals surface area contributed by atoms with E-state index in [0.29, 0.717) is 12.6 Å². The quantitative estimate of drug-likeness (QED) is 0.643. The number of carboxylic acids is 1. The maximum absolute atomic E-state index is 10.3. The highest BCUT2D eigenvalue weighted by Crippen LogP contribution is 2.20. The molecule has 0 aromatic carbocycles. The first-order chi connectivity index (χ1) is 7.24. The molecule has 0 bridgehead atoms. The number of hydrogen-bond donors (Lipinski definition) is 2. The van der Waals surface area contributed by atoms with E-state index in [-0.39, 0.29) is 6.61 Å². The van der Waals surface area contributed by atoms with Crippen LogP contribution in [0.15, 0.2) is 12.2 Å². The third kappa shape index (κ3) is 4.44. The van der Waals surface area contributed by atoms with E-state index in [1.165, 1.54) is 18.9 Å². The van der Waals surface area contributed by atoms with Crippen molar-refractivity contribution in [2.45, 2.75) is 31.7 Å². The van der Waals surface area contributed by atoms with Crippen molar-refractivity contribution in [2.75, 3.05) is 19.7 Å². The van der Waals surface area contributed by atoms with Gasteiger partial charge in [0.05, 0.1) is 0 Å². The number of carboxylic acid groups (broad SMARTS) is 1. The van der Waals surface area contributed by atoms with Gasteiger partial charge in [0, 0.05) is 25.3 Å². The second-order valence-electron chi connectivity index (χ2n) is 3.90. The smallest absolute Gasteiger partial charge is 0.328 e. The number of rotatable bonds is 6. The number of aliphatic hydroxyl groups is 1. The molecule has 4 heteroatoms. The molecule has 4 nitrogen and oxygen atoms in total. The highest BCUT2D eigenvalue weighted by atomic mass is 16.4. The van der Waals surface area contributed by atoms with Gasteiger partial charge in [-0.2, -0.15) is 0 Å². The van der Waals surface area contributed by atoms with Gasteiger partial charge in [0.2, 0.25) is 0 Å². The van der Waals surface area contributed by atoms with E-state index in [0.717, 1.165) is 19.4 Å². The summed E-state index contributed by atoms with van der Waals surface area (Å²) in [7, 11) is 0. The van der Waals surface area contributed by atoms with Crippen LogP contribution < -0.4 is 0 Å². The predicted octanol–water partition coefficient (Wildman–Crippen LogP) is 0.864. The summed E-state index contributed by atoms with van der Waals surface area (Å²) in [4.78, 5) is 12.6. The molecular formula is C11H19NO3. The fraction of sp³-hybridized carbons (Fsp3) is 0.727. The van der Waals surface area contributed by atoms with E-state index in [4.69, 9.17) is 10.2 Å². The molecule has 1 aliphatic heterocycles. The number of likely N-dealkylation sites (tertiary alicyclic amines) is 1. The highest BCUT2D eigenvalue weighted by molar-refractivity contribution is 5.79. The molecule has 1 aliphatic rings. The standard InChI is InChI=1S/C11H19NO3/c13-9-3-5-10-4-1-7-12(10)8-2-6-11(14)15/h2,6,10,13H,1,3-5,7-9H2,(H,14,15). The number of aliphatic carboxylic acids is 1. The van der Waals surface area contributed by atoms with Gasteiger partial charge < -0.3 is 10.2 Å². The van der Waals surface area contributed by atoms with Crippen LogP contribution in [-0.4, -0.2) is 46.8 Å². The summed E-state index contributed by atoms with van der Waals surface area (Å²) in [6, 6.07) is 0.524. The number of carbonyl (C=O) groups is 1. The molecule has 1 heterocycles. The van der Waals surface area contributed by atoms with E-state index in [1.54, 1.807) is 6.08 Å². The van der Waals surface area contributed by atoms with Gasteiger partial charge in [-0.3, -0.25) is 4.90 Å². The van der Waals surface area contributed by atoms with Crippen molar-refractivity contribution in [2.24, 2.45) is 0 Å². The molecule has 86 valence electrons. The van der Waals surface area contributed by atoms with Gasteiger partial charge in [0.25, 0.3) is 0 Å². The van der Waals surface area contributed by atoms with Crippen molar-refractivity contribution in [3.63, 3.8) is 0 Å². The third-order valence-corrected chi connectivity index (χ3v) is 2.79. The Morgan fingerprint density at radius 2 is 2.33 bits per heavy atom. The zero-order chi connectivity index (χ0) is 11.1. The summed E-state index contributed by atoms with van der Waals surface area (Å²) < 4.78 is 0. The van der Waals surface area contributed by atoms with Crippen LogP contribution in [0.3, 0.4) is 0 Å². The summed E-state index contributed by atoms with van der Waals surface area (Å²) in [5.41, 5.74) is 0. The molecule has 0 spiro atoms. The summed E-state index contributed by atoms with van der Waals surface area (Å²) in [5.74, 6) is -0.888. The molecule has 0 aliphatic carbocycles. The van der Waals surface area contributed by atoms with E-state index >= 15 is 0 Å². The Morgan fingerprint density at radius 1 is 1.53 bits per heavy atom. The maximum Gasteiger partial charge on any atom is 0.328 e. The van der Waals surface area contributed by atoms with Crippen molar-refractivity contribution in [1.82, 2.24) is 4.90 Å². The van der Waals surface area contributed by atoms with Gasteiger partial charge in [0.1, 0.15) is 0 Å². The van der Waals surface area contributed by atoms with E-state index in [2.05, 4.69) is 4.90 Å². The van der Waals surface area contributed by atoms with Gasteiger partial charge in [-0.25, -0.2) is 4.79 Å². The molecular weight excluding hydrogens is 194 g/mol. The van der Waals surface area contributed by atoms with Crippen LogP contribution in [-0.2, 0) is 4.79 Å². The lowest BCUT2D eigenvalue weighted by Crippen LogP contribution is -2.29. The summed E-state index contributed by atoms with van der Waals surface area (Å²) in [6.07, 6.45) is 7.08. The van der Waals surface area contributed by atoms with Crippen LogP contribution in [0.25, 0.3) is 0 Å². The number of aliphatic hydroxyl groups excluding tert-OH is 1. The Balaban J connectivity index is 2.29. The Kier molecular flexibility index (Phi) is 5.36. The van der Waals surface area contributed by atoms with Crippen LogP contribution in [0, 0.1) is 0 Å². The van der Waals surface area contributed by atoms with Gasteiger partial charge in [-0.15, -0.1) is 0 Å². The molecule has 0 saturated carbocycles. The molecule has 1 saturated heterocycles. The highest BCUT2D eigenvalue weighted by Gasteiger charge is 2.22. The normalized spacial score (nSPS) is 22.6. The SMILES string of the molecule is O=C(O)C=CCN1CCCC1CCCO. The summed E-state index contributed by atoms with van der Waals surface area (Å²) in [5, 5.41) is 17.2. The summed E-state index contributed by atoms with van der Waals surface area (Å²) >= 11 is 0. The molecule has 0 aromatic rings. The first-order valence-corrected chi connectivity index (χ1v) is 5.48. The lowest BCUT2D eigenvalue weighted by atomic mass is 10.1. The van der Waals surface area contributed by atoms with E-state index in [9.17, 15) is 4.79 Å². The topological polar surface area (TPSA) is 60.8 Å². The minimum atomic E-state index is -0.888. The van der Waals surface area contributed by atoms with Gasteiger partial charge in [0.15, 0.2) is 0 Å². The lowest BCUT2D eigenvalue weighted by molar-refractivity contribution is -0.131. The Morgan fingerprint density at radius 3 is 3.00 bits per heavy atom. The fourth-order valence-corrected chi connectivity index (χ4v) is 2.08. The first-order valence-electron chi connectivity index (χ1n) is 5.48. The van der Waals surface area contributed by atoms with Crippen molar-refractivity contribution in [1.29, 1.82) is 0 Å². The number of nitrogens with zero attached hydrogens (tertiary/aromatic N) is 1. The Hall–Kier alpha value is -0.870. The first kappa shape index (κ1) is 12.2. The molecule has 0 aromatic heterocycles. The van der Waals surface area contributed by atoms with Crippen LogP contribution >= 0.6 is 0 Å². The van der Waals surface area contributed by atoms with Crippen molar-refractivity contribution in [3.05, 3.63) is 12.2 Å². The average Bonchev–Trinajstić information content (AvgIpc) is 2.62.